The van der Waals surface area contributed by atoms with Crippen LogP contribution in [0.15, 0.2) is 29.2 Å². The topological polar surface area (TPSA) is 101 Å². The molecule has 0 saturated heterocycles. The lowest BCUT2D eigenvalue weighted by Crippen LogP contribution is -2.36. The van der Waals surface area contributed by atoms with Crippen LogP contribution in [0.2, 0.25) is 0 Å². The Morgan fingerprint density at radius 1 is 1.26 bits per heavy atom. The van der Waals surface area contributed by atoms with Crippen LogP contribution in [0, 0.1) is 0 Å². The van der Waals surface area contributed by atoms with E-state index < -0.39 is 10.0 Å². The number of rotatable bonds is 3. The molecule has 1 fully saturated rings. The molecule has 0 radical (unpaired) electrons. The van der Waals surface area contributed by atoms with Crippen molar-refractivity contribution in [3.05, 3.63) is 24.3 Å². The molecular formula is C12H17N3O3S. The highest BCUT2D eigenvalue weighted by Gasteiger charge is 2.17. The number of primary sulfonamides is 1. The summed E-state index contributed by atoms with van der Waals surface area (Å²) in [5.41, 5.74) is 0.405. The Kier molecular flexibility index (Phi) is 4.06. The van der Waals surface area contributed by atoms with Crippen LogP contribution in [0.1, 0.15) is 25.7 Å². The summed E-state index contributed by atoms with van der Waals surface area (Å²) in [7, 11) is -3.76. The van der Waals surface area contributed by atoms with Gasteiger partial charge in [-0.25, -0.2) is 18.4 Å². The van der Waals surface area contributed by atoms with E-state index in [1.165, 1.54) is 18.2 Å². The highest BCUT2D eigenvalue weighted by molar-refractivity contribution is 7.89. The Morgan fingerprint density at radius 3 is 2.58 bits per heavy atom. The summed E-state index contributed by atoms with van der Waals surface area (Å²) in [5.74, 6) is 0. The van der Waals surface area contributed by atoms with Crippen molar-refractivity contribution in [1.29, 1.82) is 0 Å². The third-order valence-electron chi connectivity index (χ3n) is 3.11. The van der Waals surface area contributed by atoms with Gasteiger partial charge in [0.05, 0.1) is 4.90 Å². The van der Waals surface area contributed by atoms with Crippen LogP contribution < -0.4 is 15.8 Å². The van der Waals surface area contributed by atoms with E-state index >= 15 is 0 Å². The van der Waals surface area contributed by atoms with Gasteiger partial charge < -0.3 is 10.6 Å². The zero-order chi connectivity index (χ0) is 13.9. The van der Waals surface area contributed by atoms with Crippen molar-refractivity contribution in [1.82, 2.24) is 5.32 Å². The first kappa shape index (κ1) is 13.8. The summed E-state index contributed by atoms with van der Waals surface area (Å²) in [6, 6.07) is 5.76. The number of carbonyl (C=O) groups excluding carboxylic acids is 1. The third-order valence-corrected chi connectivity index (χ3v) is 4.02. The fraction of sp³-hybridized carbons (Fsp3) is 0.417. The summed E-state index contributed by atoms with van der Waals surface area (Å²) >= 11 is 0. The van der Waals surface area contributed by atoms with Gasteiger partial charge in [0.25, 0.3) is 0 Å². The van der Waals surface area contributed by atoms with Crippen LogP contribution in [0.3, 0.4) is 0 Å². The number of sulfonamides is 1. The molecule has 0 unspecified atom stereocenters. The molecule has 7 heteroatoms. The Balaban J connectivity index is 2.00. The van der Waals surface area contributed by atoms with Crippen molar-refractivity contribution < 1.29 is 13.2 Å². The van der Waals surface area contributed by atoms with Gasteiger partial charge in [-0.3, -0.25) is 0 Å². The average molecular weight is 283 g/mol. The lowest BCUT2D eigenvalue weighted by Gasteiger charge is -2.13. The number of carbonyl (C=O) groups is 1. The van der Waals surface area contributed by atoms with Crippen LogP contribution in [-0.4, -0.2) is 20.5 Å². The molecule has 1 aliphatic carbocycles. The van der Waals surface area contributed by atoms with Crippen LogP contribution in [0.4, 0.5) is 10.5 Å². The summed E-state index contributed by atoms with van der Waals surface area (Å²) in [6.45, 7) is 0. The van der Waals surface area contributed by atoms with Crippen molar-refractivity contribution in [2.24, 2.45) is 5.14 Å². The number of amides is 2. The van der Waals surface area contributed by atoms with Gasteiger partial charge in [-0.1, -0.05) is 18.9 Å². The summed E-state index contributed by atoms with van der Waals surface area (Å²) < 4.78 is 22.4. The summed E-state index contributed by atoms with van der Waals surface area (Å²) in [6.07, 6.45) is 4.24. The normalized spacial score (nSPS) is 16.3. The van der Waals surface area contributed by atoms with E-state index in [-0.39, 0.29) is 17.0 Å². The Bertz CT molecular complexity index is 565. The van der Waals surface area contributed by atoms with Gasteiger partial charge in [-0.2, -0.15) is 0 Å². The predicted molar refractivity (Wildman–Crippen MR) is 72.2 cm³/mol. The molecule has 1 aromatic rings. The Hall–Kier alpha value is -1.60. The van der Waals surface area contributed by atoms with Crippen molar-refractivity contribution >= 4 is 21.7 Å². The van der Waals surface area contributed by atoms with Crippen molar-refractivity contribution in [2.45, 2.75) is 36.6 Å². The average Bonchev–Trinajstić information content (AvgIpc) is 2.80. The molecule has 104 valence electrons. The maximum Gasteiger partial charge on any atom is 0.319 e. The standard InChI is InChI=1S/C12H17N3O3S/c13-19(17,18)11-7-3-6-10(8-11)15-12(16)14-9-4-1-2-5-9/h3,6-9H,1-2,4-5H2,(H2,13,17,18)(H2,14,15,16). The highest BCUT2D eigenvalue weighted by atomic mass is 32.2. The second-order valence-corrected chi connectivity index (χ2v) is 6.21. The largest absolute Gasteiger partial charge is 0.335 e. The summed E-state index contributed by atoms with van der Waals surface area (Å²) in [4.78, 5) is 11.7. The molecule has 0 bridgehead atoms. The maximum absolute atomic E-state index is 11.7. The van der Waals surface area contributed by atoms with E-state index in [0.29, 0.717) is 5.69 Å². The lowest BCUT2D eigenvalue weighted by molar-refractivity contribution is 0.248. The highest BCUT2D eigenvalue weighted by Crippen LogP contribution is 2.18. The molecule has 0 aliphatic heterocycles. The van der Waals surface area contributed by atoms with Gasteiger partial charge in [-0.15, -0.1) is 0 Å². The van der Waals surface area contributed by atoms with Gasteiger partial charge in [-0.05, 0) is 31.0 Å². The molecule has 4 N–H and O–H groups in total. The van der Waals surface area contributed by atoms with Crippen LogP contribution >= 0.6 is 0 Å². The number of nitrogens with one attached hydrogen (secondary N) is 2. The molecule has 0 aromatic heterocycles. The van der Waals surface area contributed by atoms with E-state index in [9.17, 15) is 13.2 Å². The molecule has 2 amide bonds. The fourth-order valence-corrected chi connectivity index (χ4v) is 2.73. The van der Waals surface area contributed by atoms with Crippen molar-refractivity contribution in [3.8, 4) is 0 Å². The molecule has 1 aliphatic rings. The fourth-order valence-electron chi connectivity index (χ4n) is 2.17. The number of benzene rings is 1. The number of hydrogen-bond donors (Lipinski definition) is 3. The van der Waals surface area contributed by atoms with Crippen LogP contribution in [-0.2, 0) is 10.0 Å². The molecule has 1 aromatic carbocycles. The molecule has 19 heavy (non-hydrogen) atoms. The quantitative estimate of drug-likeness (QED) is 0.781. The van der Waals surface area contributed by atoms with E-state index in [2.05, 4.69) is 10.6 Å². The van der Waals surface area contributed by atoms with Crippen LogP contribution in [0.5, 0.6) is 0 Å². The van der Waals surface area contributed by atoms with Crippen LogP contribution in [0.25, 0.3) is 0 Å². The minimum atomic E-state index is -3.76. The maximum atomic E-state index is 11.7. The minimum Gasteiger partial charge on any atom is -0.335 e. The van der Waals surface area contributed by atoms with Gasteiger partial charge in [0.2, 0.25) is 10.0 Å². The van der Waals surface area contributed by atoms with Gasteiger partial charge in [0.1, 0.15) is 0 Å². The zero-order valence-corrected chi connectivity index (χ0v) is 11.2. The molecule has 0 atom stereocenters. The molecule has 2 rings (SSSR count). The number of anilines is 1. The zero-order valence-electron chi connectivity index (χ0n) is 10.4. The smallest absolute Gasteiger partial charge is 0.319 e. The van der Waals surface area contributed by atoms with Gasteiger partial charge in [0, 0.05) is 11.7 Å². The first-order chi connectivity index (χ1) is 8.95. The minimum absolute atomic E-state index is 0.0221. The Labute approximate surface area is 112 Å². The van der Waals surface area contributed by atoms with E-state index in [1.54, 1.807) is 6.07 Å². The number of hydrogen-bond acceptors (Lipinski definition) is 3. The molecule has 0 heterocycles. The molecular weight excluding hydrogens is 266 g/mol. The van der Waals surface area contributed by atoms with Gasteiger partial charge >= 0.3 is 6.03 Å². The SMILES string of the molecule is NS(=O)(=O)c1cccc(NC(=O)NC2CCCC2)c1. The monoisotopic (exact) mass is 283 g/mol. The number of nitrogens with two attached hydrogens (primary N) is 1. The van der Waals surface area contributed by atoms with Crippen molar-refractivity contribution in [2.75, 3.05) is 5.32 Å². The second kappa shape index (κ2) is 5.58. The third kappa shape index (κ3) is 3.93. The molecule has 1 saturated carbocycles. The first-order valence-electron chi connectivity index (χ1n) is 6.15. The second-order valence-electron chi connectivity index (χ2n) is 4.65. The first-order valence-corrected chi connectivity index (χ1v) is 7.70. The van der Waals surface area contributed by atoms with E-state index in [1.807, 2.05) is 0 Å². The Morgan fingerprint density at radius 2 is 1.95 bits per heavy atom. The van der Waals surface area contributed by atoms with E-state index in [0.717, 1.165) is 25.7 Å². The summed E-state index contributed by atoms with van der Waals surface area (Å²) in [5, 5.41) is 10.5. The number of urea groups is 1. The molecule has 0 spiro atoms. The lowest BCUT2D eigenvalue weighted by atomic mass is 10.2. The predicted octanol–water partition coefficient (Wildman–Crippen LogP) is 1.40. The molecule has 6 nitrogen and oxygen atoms in total. The van der Waals surface area contributed by atoms with Gasteiger partial charge in [0.15, 0.2) is 0 Å². The van der Waals surface area contributed by atoms with E-state index in [4.69, 9.17) is 5.14 Å². The van der Waals surface area contributed by atoms with Crippen molar-refractivity contribution in [3.63, 3.8) is 0 Å².